The maximum Gasteiger partial charge on any atom is 0.227 e. The van der Waals surface area contributed by atoms with E-state index < -0.39 is 0 Å². The highest BCUT2D eigenvalue weighted by Crippen LogP contribution is 2.28. The van der Waals surface area contributed by atoms with Crippen molar-refractivity contribution in [3.63, 3.8) is 0 Å². The molecule has 1 aliphatic rings. The lowest BCUT2D eigenvalue weighted by atomic mass is 9.89. The van der Waals surface area contributed by atoms with Crippen LogP contribution in [-0.4, -0.2) is 11.8 Å². The molecule has 4 heteroatoms. The minimum atomic E-state index is -0.171. The van der Waals surface area contributed by atoms with Crippen LogP contribution in [0.15, 0.2) is 78.9 Å². The van der Waals surface area contributed by atoms with Crippen LogP contribution in [0.1, 0.15) is 29.5 Å². The molecule has 0 radical (unpaired) electrons. The number of fused-ring (bicyclic) bond motifs is 1. The number of hydrogen-bond acceptors (Lipinski definition) is 2. The number of carbonyl (C=O) groups excluding carboxylic acids is 2. The monoisotopic (exact) mass is 384 g/mol. The third kappa shape index (κ3) is 4.72. The van der Waals surface area contributed by atoms with E-state index in [4.69, 9.17) is 0 Å². The summed E-state index contributed by atoms with van der Waals surface area (Å²) in [6.45, 7) is 0. The summed E-state index contributed by atoms with van der Waals surface area (Å²) in [5, 5.41) is 5.98. The number of amides is 2. The van der Waals surface area contributed by atoms with Gasteiger partial charge >= 0.3 is 0 Å². The zero-order valence-corrected chi connectivity index (χ0v) is 16.2. The number of rotatable bonds is 6. The van der Waals surface area contributed by atoms with E-state index >= 15 is 0 Å². The quantitative estimate of drug-likeness (QED) is 0.641. The van der Waals surface area contributed by atoms with Crippen LogP contribution in [0.5, 0.6) is 0 Å². The van der Waals surface area contributed by atoms with Gasteiger partial charge in [0, 0.05) is 23.7 Å². The van der Waals surface area contributed by atoms with E-state index in [9.17, 15) is 9.59 Å². The molecule has 0 saturated carbocycles. The van der Waals surface area contributed by atoms with Crippen LogP contribution in [0.2, 0.25) is 0 Å². The van der Waals surface area contributed by atoms with E-state index in [-0.39, 0.29) is 17.7 Å². The van der Waals surface area contributed by atoms with Gasteiger partial charge in [0.05, 0.1) is 0 Å². The molecule has 29 heavy (non-hydrogen) atoms. The first kappa shape index (κ1) is 18.9. The van der Waals surface area contributed by atoms with Crippen molar-refractivity contribution in [1.29, 1.82) is 0 Å². The maximum absolute atomic E-state index is 12.6. The number of anilines is 2. The molecule has 1 aliphatic heterocycles. The van der Waals surface area contributed by atoms with E-state index in [1.165, 1.54) is 5.56 Å². The lowest BCUT2D eigenvalue weighted by molar-refractivity contribution is -0.121. The topological polar surface area (TPSA) is 58.2 Å². The lowest BCUT2D eigenvalue weighted by Crippen LogP contribution is -2.30. The molecule has 3 aromatic carbocycles. The van der Waals surface area contributed by atoms with E-state index in [1.54, 1.807) is 0 Å². The van der Waals surface area contributed by atoms with Crippen molar-refractivity contribution >= 4 is 23.2 Å². The van der Waals surface area contributed by atoms with Crippen LogP contribution < -0.4 is 10.6 Å². The Balaban J connectivity index is 1.36. The number of benzene rings is 3. The van der Waals surface area contributed by atoms with Crippen molar-refractivity contribution in [3.8, 4) is 0 Å². The Morgan fingerprint density at radius 1 is 0.931 bits per heavy atom. The van der Waals surface area contributed by atoms with Crippen LogP contribution in [0.3, 0.4) is 0 Å². The predicted octanol–water partition coefficient (Wildman–Crippen LogP) is 4.81. The molecule has 4 rings (SSSR count). The minimum Gasteiger partial charge on any atom is -0.326 e. The molecule has 1 unspecified atom stereocenters. The molecule has 0 bridgehead atoms. The molecule has 0 fully saturated rings. The first-order valence-electron chi connectivity index (χ1n) is 9.99. The van der Waals surface area contributed by atoms with Gasteiger partial charge in [0.1, 0.15) is 0 Å². The number of hydrogen-bond donors (Lipinski definition) is 2. The van der Waals surface area contributed by atoms with Crippen LogP contribution in [0.4, 0.5) is 11.4 Å². The second-order valence-corrected chi connectivity index (χ2v) is 7.45. The maximum atomic E-state index is 12.6. The van der Waals surface area contributed by atoms with Crippen LogP contribution >= 0.6 is 0 Å². The Morgan fingerprint density at radius 2 is 1.66 bits per heavy atom. The van der Waals surface area contributed by atoms with Gasteiger partial charge in [0.2, 0.25) is 11.8 Å². The Kier molecular flexibility index (Phi) is 5.71. The fraction of sp³-hybridized carbons (Fsp3) is 0.200. The Bertz CT molecular complexity index is 1010. The third-order valence-electron chi connectivity index (χ3n) is 5.36. The predicted molar refractivity (Wildman–Crippen MR) is 116 cm³/mol. The van der Waals surface area contributed by atoms with Gasteiger partial charge in [-0.1, -0.05) is 66.7 Å². The van der Waals surface area contributed by atoms with Gasteiger partial charge in [-0.2, -0.15) is 0 Å². The molecule has 4 nitrogen and oxygen atoms in total. The lowest BCUT2D eigenvalue weighted by Gasteiger charge is -2.24. The highest BCUT2D eigenvalue weighted by molar-refractivity contribution is 5.96. The summed E-state index contributed by atoms with van der Waals surface area (Å²) in [6.07, 6.45) is 2.30. The first-order chi connectivity index (χ1) is 14.2. The molecule has 3 aromatic rings. The molecule has 0 spiro atoms. The summed E-state index contributed by atoms with van der Waals surface area (Å²) >= 11 is 0. The summed E-state index contributed by atoms with van der Waals surface area (Å²) in [5.74, 6) is -0.228. The van der Waals surface area contributed by atoms with Gasteiger partial charge in [-0.3, -0.25) is 9.59 Å². The smallest absolute Gasteiger partial charge is 0.227 e. The summed E-state index contributed by atoms with van der Waals surface area (Å²) in [5.41, 5.74) is 5.13. The van der Waals surface area contributed by atoms with E-state index in [1.807, 2.05) is 66.7 Å². The first-order valence-corrected chi connectivity index (χ1v) is 9.99. The molecule has 1 heterocycles. The Morgan fingerprint density at radius 3 is 2.52 bits per heavy atom. The second-order valence-electron chi connectivity index (χ2n) is 7.45. The van der Waals surface area contributed by atoms with Gasteiger partial charge < -0.3 is 10.6 Å². The Hall–Kier alpha value is -3.40. The van der Waals surface area contributed by atoms with Crippen molar-refractivity contribution in [2.45, 2.75) is 25.7 Å². The molecule has 2 amide bonds. The van der Waals surface area contributed by atoms with Gasteiger partial charge in [0.15, 0.2) is 0 Å². The number of nitrogens with one attached hydrogen (secondary N) is 2. The Labute approximate surface area is 171 Å². The van der Waals surface area contributed by atoms with Gasteiger partial charge in [-0.05, 0) is 48.1 Å². The number of para-hydroxylation sites is 2. The largest absolute Gasteiger partial charge is 0.326 e. The molecular weight excluding hydrogens is 360 g/mol. The SMILES string of the molecule is O=C(CCC1Cc2ccccc2NC1=O)Nc1ccccc1Cc1ccccc1. The summed E-state index contributed by atoms with van der Waals surface area (Å²) in [7, 11) is 0. The minimum absolute atomic E-state index is 0.000905. The molecule has 0 saturated heterocycles. The number of carbonyl (C=O) groups is 2. The third-order valence-corrected chi connectivity index (χ3v) is 5.36. The fourth-order valence-corrected chi connectivity index (χ4v) is 3.78. The van der Waals surface area contributed by atoms with Gasteiger partial charge in [0.25, 0.3) is 0 Å². The summed E-state index contributed by atoms with van der Waals surface area (Å²) in [6, 6.07) is 25.9. The fourth-order valence-electron chi connectivity index (χ4n) is 3.78. The van der Waals surface area contributed by atoms with Crippen LogP contribution in [0.25, 0.3) is 0 Å². The molecule has 2 N–H and O–H groups in total. The van der Waals surface area contributed by atoms with Crippen molar-refractivity contribution < 1.29 is 9.59 Å². The van der Waals surface area contributed by atoms with Crippen molar-refractivity contribution in [3.05, 3.63) is 95.6 Å². The standard InChI is InChI=1S/C25H24N2O2/c28-24(15-14-21-17-20-11-5-7-13-23(20)27-25(21)29)26-22-12-6-4-10-19(22)16-18-8-2-1-3-9-18/h1-13,21H,14-17H2,(H,26,28)(H,27,29). The summed E-state index contributed by atoms with van der Waals surface area (Å²) < 4.78 is 0. The van der Waals surface area contributed by atoms with Crippen molar-refractivity contribution in [2.75, 3.05) is 10.6 Å². The normalized spacial score (nSPS) is 15.3. The zero-order valence-electron chi connectivity index (χ0n) is 16.2. The van der Waals surface area contributed by atoms with Gasteiger partial charge in [-0.25, -0.2) is 0 Å². The molecular formula is C25H24N2O2. The highest BCUT2D eigenvalue weighted by Gasteiger charge is 2.26. The van der Waals surface area contributed by atoms with E-state index in [0.29, 0.717) is 19.3 Å². The molecule has 1 atom stereocenters. The van der Waals surface area contributed by atoms with Crippen molar-refractivity contribution in [2.24, 2.45) is 5.92 Å². The summed E-state index contributed by atoms with van der Waals surface area (Å²) in [4.78, 5) is 24.9. The van der Waals surface area contributed by atoms with E-state index in [0.717, 1.165) is 28.9 Å². The molecule has 0 aromatic heterocycles. The second kappa shape index (κ2) is 8.74. The van der Waals surface area contributed by atoms with Crippen LogP contribution in [-0.2, 0) is 22.4 Å². The molecule has 0 aliphatic carbocycles. The van der Waals surface area contributed by atoms with Crippen LogP contribution in [0, 0.1) is 5.92 Å². The average Bonchev–Trinajstić information content (AvgIpc) is 2.74. The van der Waals surface area contributed by atoms with Crippen molar-refractivity contribution in [1.82, 2.24) is 0 Å². The van der Waals surface area contributed by atoms with Gasteiger partial charge in [-0.15, -0.1) is 0 Å². The molecule has 146 valence electrons. The highest BCUT2D eigenvalue weighted by atomic mass is 16.2. The average molecular weight is 384 g/mol. The van der Waals surface area contributed by atoms with E-state index in [2.05, 4.69) is 22.8 Å². The zero-order chi connectivity index (χ0) is 20.1.